The molecule has 0 aliphatic carbocycles. The van der Waals surface area contributed by atoms with E-state index in [1.165, 1.54) is 0 Å². The third-order valence-corrected chi connectivity index (χ3v) is 3.31. The van der Waals surface area contributed by atoms with E-state index in [2.05, 4.69) is 9.98 Å². The summed E-state index contributed by atoms with van der Waals surface area (Å²) in [7, 11) is 0. The molecule has 0 fully saturated rings. The lowest BCUT2D eigenvalue weighted by Crippen LogP contribution is -2.15. The van der Waals surface area contributed by atoms with Crippen LogP contribution in [0.2, 0.25) is 5.02 Å². The molecule has 1 aliphatic heterocycles. The van der Waals surface area contributed by atoms with Gasteiger partial charge in [0.2, 0.25) is 0 Å². The number of hydrogen-bond acceptors (Lipinski definition) is 3. The van der Waals surface area contributed by atoms with E-state index in [9.17, 15) is 4.79 Å². The monoisotopic (exact) mass is 270 g/mol. The third-order valence-electron chi connectivity index (χ3n) is 3.06. The fourth-order valence-electron chi connectivity index (χ4n) is 2.07. The Balaban J connectivity index is 2.09. The van der Waals surface area contributed by atoms with Crippen LogP contribution in [-0.2, 0) is 0 Å². The number of carbonyl (C=O) groups is 1. The minimum Gasteiger partial charge on any atom is -0.294 e. The zero-order chi connectivity index (χ0) is 13.4. The minimum absolute atomic E-state index is 0.0578. The Bertz CT molecular complexity index is 690. The van der Waals surface area contributed by atoms with E-state index in [1.807, 2.05) is 25.1 Å². The van der Waals surface area contributed by atoms with Gasteiger partial charge >= 0.3 is 0 Å². The van der Waals surface area contributed by atoms with Gasteiger partial charge in [0.05, 0.1) is 17.7 Å². The molecule has 0 atom stereocenters. The van der Waals surface area contributed by atoms with E-state index in [4.69, 9.17) is 11.6 Å². The van der Waals surface area contributed by atoms with Crippen LogP contribution in [0.4, 0.5) is 5.82 Å². The van der Waals surface area contributed by atoms with Gasteiger partial charge in [-0.05, 0) is 36.8 Å². The first-order chi connectivity index (χ1) is 9.13. The molecule has 0 saturated carbocycles. The molecule has 4 heteroatoms. The van der Waals surface area contributed by atoms with Gasteiger partial charge in [-0.2, -0.15) is 0 Å². The molecule has 19 heavy (non-hydrogen) atoms. The first kappa shape index (κ1) is 12.1. The first-order valence-corrected chi connectivity index (χ1v) is 6.35. The lowest BCUT2D eigenvalue weighted by molar-refractivity contribution is 0.0999. The second kappa shape index (κ2) is 4.59. The molecule has 0 amide bonds. The number of aromatic nitrogens is 1. The lowest BCUT2D eigenvalue weighted by atomic mass is 9.98. The number of Topliss-reactive ketones (excluding diaryl/α,β-unsaturated/α-hetero) is 1. The summed E-state index contributed by atoms with van der Waals surface area (Å²) >= 11 is 5.86. The van der Waals surface area contributed by atoms with E-state index >= 15 is 0 Å². The Morgan fingerprint density at radius 1 is 1.11 bits per heavy atom. The van der Waals surface area contributed by atoms with Crippen LogP contribution >= 0.6 is 11.6 Å². The van der Waals surface area contributed by atoms with E-state index in [-0.39, 0.29) is 5.78 Å². The average molecular weight is 271 g/mol. The smallest absolute Gasteiger partial charge is 0.172 e. The number of ketones is 1. The second-order valence-corrected chi connectivity index (χ2v) is 4.93. The highest BCUT2D eigenvalue weighted by molar-refractivity contribution is 6.30. The second-order valence-electron chi connectivity index (χ2n) is 4.49. The van der Waals surface area contributed by atoms with Crippen LogP contribution in [-0.4, -0.2) is 16.5 Å². The fourth-order valence-corrected chi connectivity index (χ4v) is 2.20. The van der Waals surface area contributed by atoms with E-state index in [0.29, 0.717) is 22.8 Å². The molecule has 0 spiro atoms. The zero-order valence-corrected chi connectivity index (χ0v) is 11.1. The number of benzene rings is 1. The van der Waals surface area contributed by atoms with Crippen LogP contribution < -0.4 is 0 Å². The highest BCUT2D eigenvalue weighted by Gasteiger charge is 2.21. The third kappa shape index (κ3) is 2.29. The van der Waals surface area contributed by atoms with Gasteiger partial charge in [0, 0.05) is 10.7 Å². The number of carbonyl (C=O) groups excluding carboxylic acids is 1. The summed E-state index contributed by atoms with van der Waals surface area (Å²) in [4.78, 5) is 20.9. The Morgan fingerprint density at radius 2 is 1.84 bits per heavy atom. The molecular weight excluding hydrogens is 260 g/mol. The molecule has 3 rings (SSSR count). The Hall–Kier alpha value is -2.00. The van der Waals surface area contributed by atoms with E-state index in [1.54, 1.807) is 18.2 Å². The molecule has 1 aliphatic rings. The quantitative estimate of drug-likeness (QED) is 0.792. The van der Waals surface area contributed by atoms with Crippen molar-refractivity contribution in [1.29, 1.82) is 0 Å². The van der Waals surface area contributed by atoms with Crippen molar-refractivity contribution >= 4 is 28.9 Å². The summed E-state index contributed by atoms with van der Waals surface area (Å²) in [6.45, 7) is 1.89. The number of fused-ring (bicyclic) bond motifs is 1. The minimum atomic E-state index is 0.0578. The van der Waals surface area contributed by atoms with Crippen LogP contribution in [0.25, 0.3) is 0 Å². The van der Waals surface area contributed by atoms with Crippen molar-refractivity contribution in [2.45, 2.75) is 13.3 Å². The highest BCUT2D eigenvalue weighted by Crippen LogP contribution is 2.26. The standard InChI is InChI=1S/C15H11ClN2O/c1-9-2-7-12-14(19)8-13(18-15(12)17-9)10-3-5-11(16)6-4-10/h2-7H,8H2,1H3. The van der Waals surface area contributed by atoms with Gasteiger partial charge in [-0.25, -0.2) is 9.98 Å². The maximum atomic E-state index is 12.1. The Morgan fingerprint density at radius 3 is 2.58 bits per heavy atom. The largest absolute Gasteiger partial charge is 0.294 e. The molecule has 0 bridgehead atoms. The highest BCUT2D eigenvalue weighted by atomic mass is 35.5. The van der Waals surface area contributed by atoms with Crippen molar-refractivity contribution in [3.8, 4) is 0 Å². The number of nitrogens with zero attached hydrogens (tertiary/aromatic N) is 2. The Kier molecular flexibility index (Phi) is 2.91. The normalized spacial score (nSPS) is 14.0. The molecule has 0 saturated heterocycles. The zero-order valence-electron chi connectivity index (χ0n) is 10.4. The molecule has 94 valence electrons. The predicted octanol–water partition coefficient (Wildman–Crippen LogP) is 3.75. The molecule has 1 aromatic heterocycles. The van der Waals surface area contributed by atoms with Gasteiger partial charge in [0.25, 0.3) is 0 Å². The van der Waals surface area contributed by atoms with Crippen LogP contribution in [0, 0.1) is 6.92 Å². The van der Waals surface area contributed by atoms with Crippen LogP contribution in [0.3, 0.4) is 0 Å². The molecule has 2 aromatic rings. The number of pyridine rings is 1. The molecule has 3 nitrogen and oxygen atoms in total. The number of aliphatic imine (C=N–C) groups is 1. The number of hydrogen-bond donors (Lipinski definition) is 0. The SMILES string of the molecule is Cc1ccc2c(n1)N=C(c1ccc(Cl)cc1)CC2=O. The molecule has 0 radical (unpaired) electrons. The van der Waals surface area contributed by atoms with Crippen molar-refractivity contribution in [3.63, 3.8) is 0 Å². The number of rotatable bonds is 1. The number of halogens is 1. The van der Waals surface area contributed by atoms with Gasteiger partial charge in [-0.3, -0.25) is 4.79 Å². The molecule has 1 aromatic carbocycles. The summed E-state index contributed by atoms with van der Waals surface area (Å²) < 4.78 is 0. The van der Waals surface area contributed by atoms with Gasteiger partial charge in [0.1, 0.15) is 0 Å². The predicted molar refractivity (Wildman–Crippen MR) is 75.6 cm³/mol. The van der Waals surface area contributed by atoms with Crippen molar-refractivity contribution in [3.05, 3.63) is 58.2 Å². The number of aryl methyl sites for hydroxylation is 1. The summed E-state index contributed by atoms with van der Waals surface area (Å²) in [5.41, 5.74) is 3.11. The average Bonchev–Trinajstić information content (AvgIpc) is 2.38. The molecule has 2 heterocycles. The summed E-state index contributed by atoms with van der Waals surface area (Å²) in [5, 5.41) is 0.667. The van der Waals surface area contributed by atoms with Crippen LogP contribution in [0.5, 0.6) is 0 Å². The van der Waals surface area contributed by atoms with Crippen molar-refractivity contribution in [2.24, 2.45) is 4.99 Å². The summed E-state index contributed by atoms with van der Waals surface area (Å²) in [6, 6.07) is 11.0. The fraction of sp³-hybridized carbons (Fsp3) is 0.133. The van der Waals surface area contributed by atoms with Gasteiger partial charge in [0.15, 0.2) is 11.6 Å². The summed E-state index contributed by atoms with van der Waals surface area (Å²) in [5.74, 6) is 0.573. The van der Waals surface area contributed by atoms with Crippen LogP contribution in [0.15, 0.2) is 41.4 Å². The van der Waals surface area contributed by atoms with E-state index < -0.39 is 0 Å². The van der Waals surface area contributed by atoms with Gasteiger partial charge < -0.3 is 0 Å². The van der Waals surface area contributed by atoms with Gasteiger partial charge in [-0.1, -0.05) is 23.7 Å². The summed E-state index contributed by atoms with van der Waals surface area (Å²) in [6.07, 6.45) is 0.305. The molecule has 0 N–H and O–H groups in total. The first-order valence-electron chi connectivity index (χ1n) is 5.98. The van der Waals surface area contributed by atoms with Crippen molar-refractivity contribution < 1.29 is 4.79 Å². The topological polar surface area (TPSA) is 42.3 Å². The molecular formula is C15H11ClN2O. The van der Waals surface area contributed by atoms with Crippen LogP contribution in [0.1, 0.15) is 28.0 Å². The maximum absolute atomic E-state index is 12.1. The molecule has 0 unspecified atom stereocenters. The van der Waals surface area contributed by atoms with Crippen molar-refractivity contribution in [2.75, 3.05) is 0 Å². The van der Waals surface area contributed by atoms with Crippen molar-refractivity contribution in [1.82, 2.24) is 4.98 Å². The van der Waals surface area contributed by atoms with E-state index in [0.717, 1.165) is 17.0 Å². The van der Waals surface area contributed by atoms with Gasteiger partial charge in [-0.15, -0.1) is 0 Å². The lowest BCUT2D eigenvalue weighted by Gasteiger charge is -2.14. The maximum Gasteiger partial charge on any atom is 0.172 e. The Labute approximate surface area is 116 Å².